The lowest BCUT2D eigenvalue weighted by atomic mass is 10.1. The Morgan fingerprint density at radius 2 is 1.82 bits per heavy atom. The SMILES string of the molecule is COc1cc([N+](=O)[O-])ccc1-n1cccc1C=C1C(=O)NC(=O)N(c2ccc(Cl)cc2)C1=O. The fraction of sp³-hybridized carbons (Fsp3) is 0.0455. The molecule has 2 aromatic carbocycles. The van der Waals surface area contributed by atoms with Gasteiger partial charge in [-0.25, -0.2) is 9.69 Å². The lowest BCUT2D eigenvalue weighted by Gasteiger charge is -2.26. The number of amides is 4. The minimum absolute atomic E-state index is 0.151. The van der Waals surface area contributed by atoms with E-state index < -0.39 is 22.8 Å². The topological polar surface area (TPSA) is 124 Å². The molecule has 0 unspecified atom stereocenters. The van der Waals surface area contributed by atoms with Crippen molar-refractivity contribution in [3.63, 3.8) is 0 Å². The first-order valence-corrected chi connectivity index (χ1v) is 9.85. The number of imide groups is 2. The fourth-order valence-electron chi connectivity index (χ4n) is 3.34. The molecule has 1 fully saturated rings. The Morgan fingerprint density at radius 3 is 2.48 bits per heavy atom. The van der Waals surface area contributed by atoms with E-state index >= 15 is 0 Å². The Balaban J connectivity index is 1.76. The van der Waals surface area contributed by atoms with Crippen molar-refractivity contribution in [3.8, 4) is 11.4 Å². The van der Waals surface area contributed by atoms with Gasteiger partial charge in [-0.05, 0) is 48.5 Å². The molecule has 0 spiro atoms. The quantitative estimate of drug-likeness (QED) is 0.264. The minimum Gasteiger partial charge on any atom is -0.494 e. The van der Waals surface area contributed by atoms with Crippen LogP contribution >= 0.6 is 11.6 Å². The van der Waals surface area contributed by atoms with E-state index in [1.165, 1.54) is 55.7 Å². The van der Waals surface area contributed by atoms with Crippen molar-refractivity contribution in [2.45, 2.75) is 0 Å². The van der Waals surface area contributed by atoms with Crippen LogP contribution in [-0.4, -0.2) is 34.4 Å². The summed E-state index contributed by atoms with van der Waals surface area (Å²) in [5.41, 5.74) is 0.681. The number of carbonyl (C=O) groups excluding carboxylic acids is 3. The van der Waals surface area contributed by atoms with Crippen molar-refractivity contribution in [3.05, 3.63) is 87.2 Å². The summed E-state index contributed by atoms with van der Waals surface area (Å²) in [7, 11) is 1.37. The number of nitro benzene ring substituents is 1. The summed E-state index contributed by atoms with van der Waals surface area (Å²) in [6.45, 7) is 0. The van der Waals surface area contributed by atoms with Gasteiger partial charge in [-0.3, -0.25) is 25.0 Å². The number of halogens is 1. The molecule has 1 N–H and O–H groups in total. The molecule has 0 atom stereocenters. The van der Waals surface area contributed by atoms with Crippen LogP contribution in [0.5, 0.6) is 5.75 Å². The third kappa shape index (κ3) is 4.06. The molecule has 11 heteroatoms. The van der Waals surface area contributed by atoms with Crippen molar-refractivity contribution in [1.82, 2.24) is 9.88 Å². The summed E-state index contributed by atoms with van der Waals surface area (Å²) in [5.74, 6) is -1.44. The van der Waals surface area contributed by atoms with Crippen molar-refractivity contribution in [2.75, 3.05) is 12.0 Å². The standard InChI is InChI=1S/C22H15ClN4O6/c1-33-19-12-16(27(31)32)8-9-18(19)25-10-2-3-15(25)11-17-20(28)24-22(30)26(21(17)29)14-6-4-13(23)5-7-14/h2-12H,1H3,(H,24,28,30). The van der Waals surface area contributed by atoms with Gasteiger partial charge in [0.2, 0.25) is 0 Å². The number of nitrogens with zero attached hydrogens (tertiary/aromatic N) is 3. The number of carbonyl (C=O) groups is 3. The van der Waals surface area contributed by atoms with Crippen LogP contribution < -0.4 is 15.0 Å². The van der Waals surface area contributed by atoms with Gasteiger partial charge in [0, 0.05) is 23.0 Å². The molecule has 0 bridgehead atoms. The molecule has 10 nitrogen and oxygen atoms in total. The van der Waals surface area contributed by atoms with Gasteiger partial charge in [0.1, 0.15) is 11.3 Å². The number of hydrogen-bond acceptors (Lipinski definition) is 6. The number of hydrogen-bond donors (Lipinski definition) is 1. The van der Waals surface area contributed by atoms with Crippen LogP contribution in [0.25, 0.3) is 11.8 Å². The second-order valence-electron chi connectivity index (χ2n) is 6.85. The van der Waals surface area contributed by atoms with Crippen molar-refractivity contribution >= 4 is 46.9 Å². The summed E-state index contributed by atoms with van der Waals surface area (Å²) in [6, 6.07) is 12.5. The maximum Gasteiger partial charge on any atom is 0.335 e. The number of nitro groups is 1. The number of anilines is 1. The normalized spacial score (nSPS) is 15.0. The second-order valence-corrected chi connectivity index (χ2v) is 7.29. The first-order chi connectivity index (χ1) is 15.8. The Hall–Kier alpha value is -4.44. The lowest BCUT2D eigenvalue weighted by molar-refractivity contribution is -0.384. The Kier molecular flexibility index (Phi) is 5.67. The third-order valence-corrected chi connectivity index (χ3v) is 5.14. The largest absolute Gasteiger partial charge is 0.494 e. The van der Waals surface area contributed by atoms with Gasteiger partial charge in [0.05, 0.1) is 29.5 Å². The van der Waals surface area contributed by atoms with Crippen LogP contribution in [0.15, 0.2) is 66.4 Å². The predicted molar refractivity (Wildman–Crippen MR) is 119 cm³/mol. The highest BCUT2D eigenvalue weighted by Gasteiger charge is 2.37. The van der Waals surface area contributed by atoms with Gasteiger partial charge in [0.25, 0.3) is 17.5 Å². The molecule has 33 heavy (non-hydrogen) atoms. The summed E-state index contributed by atoms with van der Waals surface area (Å²) in [4.78, 5) is 49.3. The van der Waals surface area contributed by atoms with Crippen molar-refractivity contribution in [1.29, 1.82) is 0 Å². The number of methoxy groups -OCH3 is 1. The smallest absolute Gasteiger partial charge is 0.335 e. The number of barbiturate groups is 1. The average molecular weight is 467 g/mol. The average Bonchev–Trinajstić information content (AvgIpc) is 3.25. The fourth-order valence-corrected chi connectivity index (χ4v) is 3.47. The molecular weight excluding hydrogens is 452 g/mol. The van der Waals surface area contributed by atoms with E-state index in [1.807, 2.05) is 0 Å². The van der Waals surface area contributed by atoms with E-state index in [-0.39, 0.29) is 22.7 Å². The van der Waals surface area contributed by atoms with Gasteiger partial charge < -0.3 is 9.30 Å². The molecule has 1 aromatic heterocycles. The third-order valence-electron chi connectivity index (χ3n) is 4.89. The van der Waals surface area contributed by atoms with E-state index in [4.69, 9.17) is 16.3 Å². The monoisotopic (exact) mass is 466 g/mol. The predicted octanol–water partition coefficient (Wildman–Crippen LogP) is 3.71. The van der Waals surface area contributed by atoms with Crippen LogP contribution in [0.4, 0.5) is 16.2 Å². The molecule has 1 aliphatic rings. The van der Waals surface area contributed by atoms with Gasteiger partial charge in [0.15, 0.2) is 0 Å². The molecule has 4 amide bonds. The zero-order chi connectivity index (χ0) is 23.7. The van der Waals surface area contributed by atoms with Crippen molar-refractivity contribution in [2.24, 2.45) is 0 Å². The molecule has 1 saturated heterocycles. The molecule has 1 aliphatic heterocycles. The van der Waals surface area contributed by atoms with Gasteiger partial charge >= 0.3 is 6.03 Å². The summed E-state index contributed by atoms with van der Waals surface area (Å²) in [6.07, 6.45) is 2.97. The molecule has 166 valence electrons. The Morgan fingerprint density at radius 1 is 1.09 bits per heavy atom. The molecule has 4 rings (SSSR count). The zero-order valence-electron chi connectivity index (χ0n) is 17.0. The van der Waals surface area contributed by atoms with Gasteiger partial charge in [-0.1, -0.05) is 11.6 Å². The summed E-state index contributed by atoms with van der Waals surface area (Å²) < 4.78 is 6.89. The number of aromatic nitrogens is 1. The number of non-ortho nitro benzene ring substituents is 1. The number of rotatable bonds is 5. The highest BCUT2D eigenvalue weighted by molar-refractivity contribution is 6.39. The molecule has 0 saturated carbocycles. The molecular formula is C22H15ClN4O6. The second kappa shape index (κ2) is 8.60. The first kappa shape index (κ1) is 21.8. The maximum absolute atomic E-state index is 13.1. The Labute approximate surface area is 191 Å². The van der Waals surface area contributed by atoms with Crippen LogP contribution in [-0.2, 0) is 9.59 Å². The highest BCUT2D eigenvalue weighted by atomic mass is 35.5. The number of nitrogens with one attached hydrogen (secondary N) is 1. The lowest BCUT2D eigenvalue weighted by Crippen LogP contribution is -2.54. The number of benzene rings is 2. The van der Waals surface area contributed by atoms with Crippen LogP contribution in [0, 0.1) is 10.1 Å². The molecule has 0 radical (unpaired) electrons. The Bertz CT molecular complexity index is 1330. The van der Waals surface area contributed by atoms with E-state index in [0.29, 0.717) is 16.4 Å². The summed E-state index contributed by atoms with van der Waals surface area (Å²) >= 11 is 5.88. The molecule has 3 aromatic rings. The number of ether oxygens (including phenoxy) is 1. The summed E-state index contributed by atoms with van der Waals surface area (Å²) in [5, 5.41) is 13.6. The first-order valence-electron chi connectivity index (χ1n) is 9.47. The van der Waals surface area contributed by atoms with Gasteiger partial charge in [-0.2, -0.15) is 0 Å². The molecule has 0 aliphatic carbocycles. The number of urea groups is 1. The zero-order valence-corrected chi connectivity index (χ0v) is 17.8. The molecule has 2 heterocycles. The van der Waals surface area contributed by atoms with Gasteiger partial charge in [-0.15, -0.1) is 0 Å². The van der Waals surface area contributed by atoms with E-state index in [9.17, 15) is 24.5 Å². The minimum atomic E-state index is -0.878. The van der Waals surface area contributed by atoms with E-state index in [1.54, 1.807) is 22.9 Å². The van der Waals surface area contributed by atoms with Crippen LogP contribution in [0.2, 0.25) is 5.02 Å². The maximum atomic E-state index is 13.1. The van der Waals surface area contributed by atoms with Crippen LogP contribution in [0.1, 0.15) is 5.69 Å². The van der Waals surface area contributed by atoms with Crippen molar-refractivity contribution < 1.29 is 24.0 Å². The highest BCUT2D eigenvalue weighted by Crippen LogP contribution is 2.30. The van der Waals surface area contributed by atoms with E-state index in [0.717, 1.165) is 4.90 Å². The van der Waals surface area contributed by atoms with Crippen LogP contribution in [0.3, 0.4) is 0 Å². The van der Waals surface area contributed by atoms with E-state index in [2.05, 4.69) is 5.32 Å².